The molecule has 0 bridgehead atoms. The van der Waals surface area contributed by atoms with Crippen molar-refractivity contribution in [3.63, 3.8) is 0 Å². The molecule has 15 heavy (non-hydrogen) atoms. The molecule has 0 fully saturated rings. The van der Waals surface area contributed by atoms with E-state index in [-0.39, 0.29) is 11.7 Å². The van der Waals surface area contributed by atoms with Crippen molar-refractivity contribution in [2.45, 2.75) is 18.2 Å². The Morgan fingerprint density at radius 3 is 2.47 bits per heavy atom. The first-order chi connectivity index (χ1) is 7.17. The Labute approximate surface area is 95.2 Å². The van der Waals surface area contributed by atoms with Crippen molar-refractivity contribution in [2.75, 3.05) is 12.8 Å². The third kappa shape index (κ3) is 3.68. The summed E-state index contributed by atoms with van der Waals surface area (Å²) in [6.45, 7) is 2.56. The van der Waals surface area contributed by atoms with Crippen molar-refractivity contribution >= 4 is 17.5 Å². The zero-order chi connectivity index (χ0) is 11.3. The van der Waals surface area contributed by atoms with E-state index in [1.807, 2.05) is 37.4 Å². The van der Waals surface area contributed by atoms with E-state index < -0.39 is 0 Å². The minimum Gasteiger partial charge on any atom is -0.330 e. The van der Waals surface area contributed by atoms with Gasteiger partial charge >= 0.3 is 0 Å². The number of Topliss-reactive ketones (excluding diaryl/α,β-unsaturated/α-hetero) is 1. The molecule has 0 aliphatic rings. The number of nitrogens with two attached hydrogens (primary N) is 1. The summed E-state index contributed by atoms with van der Waals surface area (Å²) < 4.78 is 0. The van der Waals surface area contributed by atoms with Gasteiger partial charge in [0.25, 0.3) is 0 Å². The third-order valence-electron chi connectivity index (χ3n) is 2.35. The second-order valence-electron chi connectivity index (χ2n) is 3.70. The first-order valence-electron chi connectivity index (χ1n) is 5.04. The van der Waals surface area contributed by atoms with Gasteiger partial charge in [-0.15, -0.1) is 11.8 Å². The first kappa shape index (κ1) is 12.3. The summed E-state index contributed by atoms with van der Waals surface area (Å²) >= 11 is 1.68. The molecule has 1 aromatic rings. The maximum Gasteiger partial charge on any atom is 0.163 e. The number of carbonyl (C=O) groups excluding carboxylic acids is 1. The second kappa shape index (κ2) is 5.93. The standard InChI is InChI=1S/C12H17NOS/c1-9(8-13)7-12(14)10-3-5-11(15-2)6-4-10/h3-6,9H,7-8,13H2,1-2H3. The Morgan fingerprint density at radius 1 is 1.40 bits per heavy atom. The topological polar surface area (TPSA) is 43.1 Å². The van der Waals surface area contributed by atoms with Crippen LogP contribution in [0.3, 0.4) is 0 Å². The van der Waals surface area contributed by atoms with Gasteiger partial charge in [-0.3, -0.25) is 4.79 Å². The molecule has 1 rings (SSSR count). The van der Waals surface area contributed by atoms with Gasteiger partial charge in [-0.05, 0) is 30.9 Å². The molecule has 1 atom stereocenters. The monoisotopic (exact) mass is 223 g/mol. The summed E-state index contributed by atoms with van der Waals surface area (Å²) in [5.41, 5.74) is 6.27. The van der Waals surface area contributed by atoms with E-state index in [4.69, 9.17) is 5.73 Å². The fourth-order valence-corrected chi connectivity index (χ4v) is 1.70. The van der Waals surface area contributed by atoms with Crippen LogP contribution in [-0.4, -0.2) is 18.6 Å². The van der Waals surface area contributed by atoms with Crippen LogP contribution < -0.4 is 5.73 Å². The average Bonchev–Trinajstić information content (AvgIpc) is 2.29. The molecule has 0 saturated heterocycles. The number of hydrogen-bond donors (Lipinski definition) is 1. The largest absolute Gasteiger partial charge is 0.330 e. The molecule has 0 aliphatic heterocycles. The highest BCUT2D eigenvalue weighted by molar-refractivity contribution is 7.98. The molecule has 3 heteroatoms. The molecule has 0 amide bonds. The van der Waals surface area contributed by atoms with Crippen LogP contribution in [0.1, 0.15) is 23.7 Å². The Hall–Kier alpha value is -0.800. The highest BCUT2D eigenvalue weighted by atomic mass is 32.2. The van der Waals surface area contributed by atoms with E-state index in [0.29, 0.717) is 13.0 Å². The third-order valence-corrected chi connectivity index (χ3v) is 3.09. The maximum absolute atomic E-state index is 11.8. The van der Waals surface area contributed by atoms with Crippen molar-refractivity contribution in [3.05, 3.63) is 29.8 Å². The van der Waals surface area contributed by atoms with E-state index in [2.05, 4.69) is 0 Å². The zero-order valence-electron chi connectivity index (χ0n) is 9.19. The molecule has 1 aromatic carbocycles. The van der Waals surface area contributed by atoms with Crippen LogP contribution in [0.25, 0.3) is 0 Å². The quantitative estimate of drug-likeness (QED) is 0.616. The summed E-state index contributed by atoms with van der Waals surface area (Å²) in [6.07, 6.45) is 2.56. The molecule has 0 saturated carbocycles. The van der Waals surface area contributed by atoms with Gasteiger partial charge in [0.05, 0.1) is 0 Å². The number of carbonyl (C=O) groups is 1. The van der Waals surface area contributed by atoms with Crippen molar-refractivity contribution in [2.24, 2.45) is 11.7 Å². The molecule has 0 aromatic heterocycles. The lowest BCUT2D eigenvalue weighted by atomic mass is 10.00. The Kier molecular flexibility index (Phi) is 4.85. The van der Waals surface area contributed by atoms with Crippen LogP contribution in [0.2, 0.25) is 0 Å². The van der Waals surface area contributed by atoms with E-state index >= 15 is 0 Å². The SMILES string of the molecule is CSc1ccc(C(=O)CC(C)CN)cc1. The van der Waals surface area contributed by atoms with Crippen LogP contribution in [0.5, 0.6) is 0 Å². The molecular weight excluding hydrogens is 206 g/mol. The van der Waals surface area contributed by atoms with Crippen molar-refractivity contribution < 1.29 is 4.79 Å². The first-order valence-corrected chi connectivity index (χ1v) is 6.27. The second-order valence-corrected chi connectivity index (χ2v) is 4.58. The summed E-state index contributed by atoms with van der Waals surface area (Å²) in [4.78, 5) is 12.9. The number of hydrogen-bond acceptors (Lipinski definition) is 3. The predicted octanol–water partition coefficient (Wildman–Crippen LogP) is 2.58. The molecule has 2 nitrogen and oxygen atoms in total. The van der Waals surface area contributed by atoms with Gasteiger partial charge in [0.2, 0.25) is 0 Å². The molecule has 0 aliphatic carbocycles. The van der Waals surface area contributed by atoms with Gasteiger partial charge in [0.15, 0.2) is 5.78 Å². The fraction of sp³-hybridized carbons (Fsp3) is 0.417. The lowest BCUT2D eigenvalue weighted by Crippen LogP contribution is -2.15. The van der Waals surface area contributed by atoms with Gasteiger partial charge in [0, 0.05) is 16.9 Å². The van der Waals surface area contributed by atoms with Crippen molar-refractivity contribution in [1.82, 2.24) is 0 Å². The highest BCUT2D eigenvalue weighted by Gasteiger charge is 2.09. The summed E-state index contributed by atoms with van der Waals surface area (Å²) in [5, 5.41) is 0. The molecule has 2 N–H and O–H groups in total. The van der Waals surface area contributed by atoms with E-state index in [1.165, 1.54) is 4.90 Å². The number of thioether (sulfide) groups is 1. The lowest BCUT2D eigenvalue weighted by molar-refractivity contribution is 0.0966. The molecule has 82 valence electrons. The minimum absolute atomic E-state index is 0.181. The van der Waals surface area contributed by atoms with Gasteiger partial charge < -0.3 is 5.73 Å². The lowest BCUT2D eigenvalue weighted by Gasteiger charge is -2.07. The Bertz CT molecular complexity index is 321. The van der Waals surface area contributed by atoms with E-state index in [9.17, 15) is 4.79 Å². The molecular formula is C12H17NOS. The van der Waals surface area contributed by atoms with Crippen molar-refractivity contribution in [1.29, 1.82) is 0 Å². The molecule has 0 heterocycles. The highest BCUT2D eigenvalue weighted by Crippen LogP contribution is 2.16. The predicted molar refractivity (Wildman–Crippen MR) is 65.4 cm³/mol. The van der Waals surface area contributed by atoms with Crippen LogP contribution in [0.4, 0.5) is 0 Å². The summed E-state index contributed by atoms with van der Waals surface area (Å²) in [6, 6.07) is 7.73. The van der Waals surface area contributed by atoms with Crippen LogP contribution in [0.15, 0.2) is 29.2 Å². The van der Waals surface area contributed by atoms with Crippen LogP contribution in [0, 0.1) is 5.92 Å². The normalized spacial score (nSPS) is 12.5. The zero-order valence-corrected chi connectivity index (χ0v) is 10.0. The molecule has 1 unspecified atom stereocenters. The number of ketones is 1. The van der Waals surface area contributed by atoms with E-state index in [1.54, 1.807) is 11.8 Å². The Balaban J connectivity index is 2.66. The maximum atomic E-state index is 11.8. The molecule has 0 radical (unpaired) electrons. The van der Waals surface area contributed by atoms with Gasteiger partial charge in [0.1, 0.15) is 0 Å². The fourth-order valence-electron chi connectivity index (χ4n) is 1.29. The smallest absolute Gasteiger partial charge is 0.163 e. The van der Waals surface area contributed by atoms with Gasteiger partial charge in [-0.25, -0.2) is 0 Å². The van der Waals surface area contributed by atoms with E-state index in [0.717, 1.165) is 5.56 Å². The summed E-state index contributed by atoms with van der Waals surface area (Å²) in [7, 11) is 0. The summed E-state index contributed by atoms with van der Waals surface area (Å²) in [5.74, 6) is 0.443. The molecule has 0 spiro atoms. The van der Waals surface area contributed by atoms with Crippen molar-refractivity contribution in [3.8, 4) is 0 Å². The van der Waals surface area contributed by atoms with Gasteiger partial charge in [-0.1, -0.05) is 19.1 Å². The number of benzene rings is 1. The minimum atomic E-state index is 0.181. The number of rotatable bonds is 5. The van der Waals surface area contributed by atoms with Crippen LogP contribution in [-0.2, 0) is 0 Å². The Morgan fingerprint density at radius 2 is 2.00 bits per heavy atom. The van der Waals surface area contributed by atoms with Crippen LogP contribution >= 0.6 is 11.8 Å². The average molecular weight is 223 g/mol. The van der Waals surface area contributed by atoms with Gasteiger partial charge in [-0.2, -0.15) is 0 Å².